The van der Waals surface area contributed by atoms with E-state index in [0.29, 0.717) is 0 Å². The van der Waals surface area contributed by atoms with Gasteiger partial charge in [-0.15, -0.1) is 0 Å². The van der Waals surface area contributed by atoms with Crippen LogP contribution in [0.2, 0.25) is 4.63 Å². The molecule has 0 atom stereocenters. The first kappa shape index (κ1) is 5.37. The number of rotatable bonds is 0. The average Bonchev–Trinajstić information content (AvgIpc) is 1.33. The van der Waals surface area contributed by atoms with E-state index in [1.165, 1.54) is 13.1 Å². The molecular weight excluding hydrogens is 285 g/mol. The summed E-state index contributed by atoms with van der Waals surface area (Å²) in [6, 6.07) is 0. The van der Waals surface area contributed by atoms with Crippen LogP contribution in [0.15, 0.2) is 0 Å². The van der Waals surface area contributed by atoms with Crippen molar-refractivity contribution in [3.8, 4) is 0 Å². The Hall–Kier alpha value is 1.23. The fraction of sp³-hybridized carbons (Fsp3) is 1.00. The minimum atomic E-state index is 0.926. The van der Waals surface area contributed by atoms with Crippen molar-refractivity contribution in [1.82, 2.24) is 3.46 Å². The monoisotopic (exact) mass is 290 g/mol. The fourth-order valence-corrected chi connectivity index (χ4v) is 3.72. The zero-order chi connectivity index (χ0) is 4.57. The number of hydrogen-bond acceptors (Lipinski definition) is 1. The van der Waals surface area contributed by atoms with E-state index in [-0.39, 0.29) is 0 Å². The van der Waals surface area contributed by atoms with Crippen LogP contribution in [0.5, 0.6) is 0 Å². The van der Waals surface area contributed by atoms with Crippen LogP contribution in [0.1, 0.15) is 0 Å². The molecule has 0 N–H and O–H groups in total. The normalized spacial score (nSPS) is 26.7. The van der Waals surface area contributed by atoms with Gasteiger partial charge in [0.15, 0.2) is 0 Å². The molecule has 0 amide bonds. The van der Waals surface area contributed by atoms with E-state index < -0.39 is 0 Å². The van der Waals surface area contributed by atoms with Gasteiger partial charge in [-0.1, -0.05) is 0 Å². The van der Waals surface area contributed by atoms with Crippen molar-refractivity contribution in [2.45, 2.75) is 4.63 Å². The summed E-state index contributed by atoms with van der Waals surface area (Å²) in [5.74, 6) is 0. The second kappa shape index (κ2) is 2.00. The molecule has 1 rings (SSSR count). The topological polar surface area (TPSA) is 3.24 Å². The van der Waals surface area contributed by atoms with Crippen LogP contribution in [0.25, 0.3) is 0 Å². The predicted molar refractivity (Wildman–Crippen MR) is 15.3 cm³/mol. The number of hydrogen-bond donors (Lipinski definition) is 0. The molecule has 1 nitrogen and oxygen atoms in total. The molecule has 1 heterocycles. The van der Waals surface area contributed by atoms with Crippen LogP contribution in [0.3, 0.4) is 0 Å². The molecule has 0 aromatic rings. The molecule has 0 saturated carbocycles. The predicted octanol–water partition coefficient (Wildman–Crippen LogP) is 0.0991. The minimum absolute atomic E-state index is 0.926. The molecule has 1 aliphatic rings. The van der Waals surface area contributed by atoms with E-state index in [1.807, 2.05) is 0 Å². The Morgan fingerprint density at radius 3 is 2.17 bits per heavy atom. The van der Waals surface area contributed by atoms with Crippen molar-refractivity contribution in [1.29, 1.82) is 0 Å². The Balaban J connectivity index is 2.11. The van der Waals surface area contributed by atoms with Crippen molar-refractivity contribution in [2.75, 3.05) is 13.1 Å². The maximum absolute atomic E-state index is 2.68. The molecule has 0 spiro atoms. The molecule has 3 heteroatoms. The van der Waals surface area contributed by atoms with E-state index >= 15 is 0 Å². The van der Waals surface area contributed by atoms with Crippen LogP contribution in [0.4, 0.5) is 0 Å². The molecule has 0 bridgehead atoms. The van der Waals surface area contributed by atoms with Gasteiger partial charge in [0.2, 0.25) is 0 Å². The summed E-state index contributed by atoms with van der Waals surface area (Å²) in [5, 5.41) is 0. The molecule has 0 aromatic heterocycles. The molecule has 6 heavy (non-hydrogen) atoms. The SMILES string of the molecule is [V][CH]1C[N]([W])C1. The van der Waals surface area contributed by atoms with Crippen LogP contribution < -0.4 is 0 Å². The van der Waals surface area contributed by atoms with Crippen LogP contribution in [-0.4, -0.2) is 16.5 Å². The van der Waals surface area contributed by atoms with E-state index in [4.69, 9.17) is 0 Å². The molecule has 1 aliphatic heterocycles. The fourth-order valence-electron chi connectivity index (χ4n) is 0.417. The third-order valence-corrected chi connectivity index (χ3v) is 2.41. The van der Waals surface area contributed by atoms with Crippen molar-refractivity contribution < 1.29 is 37.5 Å². The maximum atomic E-state index is 2.68. The second-order valence-electron chi connectivity index (χ2n) is 1.50. The van der Waals surface area contributed by atoms with Crippen molar-refractivity contribution >= 4 is 0 Å². The van der Waals surface area contributed by atoms with Crippen molar-refractivity contribution in [2.24, 2.45) is 0 Å². The van der Waals surface area contributed by atoms with Crippen LogP contribution >= 0.6 is 0 Å². The van der Waals surface area contributed by atoms with Crippen LogP contribution in [0, 0.1) is 0 Å². The quantitative estimate of drug-likeness (QED) is 0.611. The summed E-state index contributed by atoms with van der Waals surface area (Å²) < 4.78 is 3.32. The summed E-state index contributed by atoms with van der Waals surface area (Å²) in [6.07, 6.45) is 0. The third kappa shape index (κ3) is 1.10. The molecular formula is C3H5NVW. The van der Waals surface area contributed by atoms with Gasteiger partial charge in [-0.3, -0.25) is 0 Å². The van der Waals surface area contributed by atoms with Gasteiger partial charge >= 0.3 is 58.7 Å². The molecule has 0 aromatic carbocycles. The average molecular weight is 290 g/mol. The van der Waals surface area contributed by atoms with E-state index in [2.05, 4.69) is 20.9 Å². The summed E-state index contributed by atoms with van der Waals surface area (Å²) in [7, 11) is 0. The van der Waals surface area contributed by atoms with Crippen molar-refractivity contribution in [3.05, 3.63) is 0 Å². The summed E-state index contributed by atoms with van der Waals surface area (Å²) in [5.41, 5.74) is 0. The van der Waals surface area contributed by atoms with Gasteiger partial charge < -0.3 is 0 Å². The van der Waals surface area contributed by atoms with Gasteiger partial charge in [-0.25, -0.2) is 0 Å². The second-order valence-corrected chi connectivity index (χ2v) is 4.50. The summed E-state index contributed by atoms with van der Waals surface area (Å²) in [4.78, 5) is 0. The van der Waals surface area contributed by atoms with Gasteiger partial charge in [0, 0.05) is 0 Å². The Kier molecular flexibility index (Phi) is 1.79. The first-order valence-corrected chi connectivity index (χ1v) is 4.01. The Morgan fingerprint density at radius 1 is 1.67 bits per heavy atom. The van der Waals surface area contributed by atoms with Gasteiger partial charge in [0.25, 0.3) is 0 Å². The first-order chi connectivity index (χ1) is 2.79. The zero-order valence-electron chi connectivity index (χ0n) is 3.29. The molecule has 0 aliphatic carbocycles. The van der Waals surface area contributed by atoms with E-state index in [9.17, 15) is 0 Å². The molecule has 0 radical (unpaired) electrons. The zero-order valence-corrected chi connectivity index (χ0v) is 7.62. The Labute approximate surface area is 58.6 Å². The summed E-state index contributed by atoms with van der Waals surface area (Å²) in [6.45, 7) is 2.63. The van der Waals surface area contributed by atoms with Gasteiger partial charge in [-0.05, 0) is 0 Å². The summed E-state index contributed by atoms with van der Waals surface area (Å²) >= 11 is 4.30. The van der Waals surface area contributed by atoms with Crippen molar-refractivity contribution in [3.63, 3.8) is 0 Å². The molecule has 1 fully saturated rings. The molecule has 33 valence electrons. The Morgan fingerprint density at radius 2 is 2.17 bits per heavy atom. The molecule has 1 saturated heterocycles. The van der Waals surface area contributed by atoms with E-state index in [0.717, 1.165) is 4.63 Å². The van der Waals surface area contributed by atoms with Gasteiger partial charge in [-0.2, -0.15) is 0 Å². The number of nitrogens with zero attached hydrogens (tertiary/aromatic N) is 1. The van der Waals surface area contributed by atoms with E-state index in [1.54, 1.807) is 20.1 Å². The Bertz CT molecular complexity index is 46.8. The first-order valence-electron chi connectivity index (χ1n) is 1.89. The van der Waals surface area contributed by atoms with Crippen LogP contribution in [-0.2, 0) is 37.5 Å². The third-order valence-electron chi connectivity index (χ3n) is 0.829. The standard InChI is InChI=1S/C3H5N.V.W/c1-2-4-3-1;;/h1H,2-3H2;;/q-1;;+1. The van der Waals surface area contributed by atoms with Gasteiger partial charge in [0.05, 0.1) is 0 Å². The van der Waals surface area contributed by atoms with Gasteiger partial charge in [0.1, 0.15) is 0 Å². The molecule has 0 unspecified atom stereocenters.